The second kappa shape index (κ2) is 3.65. The minimum Gasteiger partial charge on any atom is -0.288 e. The lowest BCUT2D eigenvalue weighted by Gasteiger charge is -1.94. The number of hydrogen-bond donors (Lipinski definition) is 0. The summed E-state index contributed by atoms with van der Waals surface area (Å²) in [5.74, 6) is 1.16. The first-order valence-electron chi connectivity index (χ1n) is 3.56. The van der Waals surface area contributed by atoms with Crippen LogP contribution in [0.3, 0.4) is 0 Å². The van der Waals surface area contributed by atoms with E-state index in [9.17, 15) is 9.59 Å². The van der Waals surface area contributed by atoms with Gasteiger partial charge in [-0.1, -0.05) is 29.8 Å². The molecule has 0 saturated heterocycles. The van der Waals surface area contributed by atoms with E-state index in [0.717, 1.165) is 11.6 Å². The summed E-state index contributed by atoms with van der Waals surface area (Å²) >= 11 is 0. The highest BCUT2D eigenvalue weighted by Crippen LogP contribution is 2.03. The van der Waals surface area contributed by atoms with Gasteiger partial charge in [0, 0.05) is 5.56 Å². The average molecular weight is 160 g/mol. The first-order valence-corrected chi connectivity index (χ1v) is 3.56. The molecule has 1 rings (SSSR count). The van der Waals surface area contributed by atoms with Crippen molar-refractivity contribution in [3.63, 3.8) is 0 Å². The van der Waals surface area contributed by atoms with Crippen LogP contribution >= 0.6 is 0 Å². The van der Waals surface area contributed by atoms with Crippen molar-refractivity contribution in [2.75, 3.05) is 0 Å². The van der Waals surface area contributed by atoms with Crippen LogP contribution in [-0.2, 0) is 4.79 Å². The molecule has 0 fully saturated rings. The van der Waals surface area contributed by atoms with E-state index in [-0.39, 0.29) is 5.78 Å². The van der Waals surface area contributed by atoms with Crippen LogP contribution in [0.1, 0.15) is 15.9 Å². The molecule has 0 aliphatic rings. The van der Waals surface area contributed by atoms with Crippen molar-refractivity contribution in [1.82, 2.24) is 0 Å². The topological polar surface area (TPSA) is 34.1 Å². The minimum absolute atomic E-state index is 0.301. The lowest BCUT2D eigenvalue weighted by molar-refractivity contribution is 0.104. The van der Waals surface area contributed by atoms with Gasteiger partial charge in [0.2, 0.25) is 0 Å². The third-order valence-electron chi connectivity index (χ3n) is 1.53. The summed E-state index contributed by atoms with van der Waals surface area (Å²) in [4.78, 5) is 20.9. The lowest BCUT2D eigenvalue weighted by atomic mass is 10.1. The van der Waals surface area contributed by atoms with Crippen molar-refractivity contribution in [1.29, 1.82) is 0 Å². The molecule has 2 nitrogen and oxygen atoms in total. The van der Waals surface area contributed by atoms with Crippen molar-refractivity contribution in [2.45, 2.75) is 6.92 Å². The maximum absolute atomic E-state index is 11.0. The molecule has 0 N–H and O–H groups in total. The highest BCUT2D eigenvalue weighted by molar-refractivity contribution is 6.08. The van der Waals surface area contributed by atoms with Crippen molar-refractivity contribution >= 4 is 11.7 Å². The molecule has 0 amide bonds. The molecule has 60 valence electrons. The minimum atomic E-state index is -0.301. The van der Waals surface area contributed by atoms with Crippen LogP contribution in [0.2, 0.25) is 0 Å². The SMILES string of the molecule is Cc1ccc(C(=O)C=C=O)cc1. The molecule has 0 spiro atoms. The molecule has 2 heteroatoms. The van der Waals surface area contributed by atoms with Gasteiger partial charge in [-0.15, -0.1) is 0 Å². The molecule has 0 aliphatic heterocycles. The number of carbonyl (C=O) groups is 1. The number of aryl methyl sites for hydroxylation is 1. The molecule has 1 aromatic carbocycles. The van der Waals surface area contributed by atoms with E-state index in [1.165, 1.54) is 5.94 Å². The van der Waals surface area contributed by atoms with Crippen molar-refractivity contribution in [3.05, 3.63) is 41.5 Å². The van der Waals surface area contributed by atoms with Gasteiger partial charge in [-0.05, 0) is 6.92 Å². The molecule has 0 aliphatic carbocycles. The molecule has 0 heterocycles. The summed E-state index contributed by atoms with van der Waals surface area (Å²) in [6, 6.07) is 7.02. The zero-order valence-corrected chi connectivity index (χ0v) is 6.70. The Morgan fingerprint density at radius 2 is 1.92 bits per heavy atom. The Morgan fingerprint density at radius 1 is 1.33 bits per heavy atom. The van der Waals surface area contributed by atoms with Crippen LogP contribution in [0.4, 0.5) is 0 Å². The quantitative estimate of drug-likeness (QED) is 0.374. The number of rotatable bonds is 2. The molecular weight excluding hydrogens is 152 g/mol. The van der Waals surface area contributed by atoms with Gasteiger partial charge in [-0.2, -0.15) is 0 Å². The molecule has 12 heavy (non-hydrogen) atoms. The predicted molar refractivity (Wildman–Crippen MR) is 45.8 cm³/mol. The Kier molecular flexibility index (Phi) is 2.57. The standard InChI is InChI=1S/C10H8O2/c1-8-2-4-9(5-3-8)10(12)6-7-11/h2-6H,1H3. The number of hydrogen-bond acceptors (Lipinski definition) is 2. The Labute approximate surface area is 70.5 Å². The monoisotopic (exact) mass is 160 g/mol. The second-order valence-electron chi connectivity index (χ2n) is 2.49. The first kappa shape index (κ1) is 8.44. The Morgan fingerprint density at radius 3 is 2.42 bits per heavy atom. The highest BCUT2D eigenvalue weighted by atomic mass is 16.1. The number of carbonyl (C=O) groups excluding carboxylic acids is 2. The Hall–Kier alpha value is -1.66. The normalized spacial score (nSPS) is 8.75. The van der Waals surface area contributed by atoms with Crippen LogP contribution in [0.15, 0.2) is 30.3 Å². The zero-order chi connectivity index (χ0) is 8.97. The third-order valence-corrected chi connectivity index (χ3v) is 1.53. The maximum atomic E-state index is 11.0. The van der Waals surface area contributed by atoms with Crippen molar-refractivity contribution < 1.29 is 9.59 Å². The number of allylic oxidation sites excluding steroid dienone is 1. The van der Waals surface area contributed by atoms with E-state index in [1.807, 2.05) is 19.1 Å². The molecule has 0 bridgehead atoms. The largest absolute Gasteiger partial charge is 0.288 e. The van der Waals surface area contributed by atoms with Crippen LogP contribution in [0.25, 0.3) is 0 Å². The van der Waals surface area contributed by atoms with Gasteiger partial charge >= 0.3 is 0 Å². The van der Waals surface area contributed by atoms with Gasteiger partial charge in [-0.3, -0.25) is 4.79 Å². The fraction of sp³-hybridized carbons (Fsp3) is 0.100. The molecule has 0 radical (unpaired) electrons. The van der Waals surface area contributed by atoms with E-state index in [1.54, 1.807) is 12.1 Å². The molecule has 0 aromatic heterocycles. The van der Waals surface area contributed by atoms with Crippen LogP contribution in [0.5, 0.6) is 0 Å². The smallest absolute Gasteiger partial charge is 0.196 e. The molecule has 0 unspecified atom stereocenters. The fourth-order valence-corrected chi connectivity index (χ4v) is 0.855. The van der Waals surface area contributed by atoms with Gasteiger partial charge in [0.15, 0.2) is 5.78 Å². The lowest BCUT2D eigenvalue weighted by Crippen LogP contribution is -1.93. The van der Waals surface area contributed by atoms with Crippen LogP contribution in [-0.4, -0.2) is 11.7 Å². The van der Waals surface area contributed by atoms with Gasteiger partial charge in [0.05, 0.1) is 6.08 Å². The van der Waals surface area contributed by atoms with Crippen LogP contribution < -0.4 is 0 Å². The van der Waals surface area contributed by atoms with E-state index >= 15 is 0 Å². The van der Waals surface area contributed by atoms with E-state index in [4.69, 9.17) is 0 Å². The predicted octanol–water partition coefficient (Wildman–Crippen LogP) is 1.57. The highest BCUT2D eigenvalue weighted by Gasteiger charge is 1.99. The first-order chi connectivity index (χ1) is 5.74. The number of benzene rings is 1. The summed E-state index contributed by atoms with van der Waals surface area (Å²) < 4.78 is 0. The summed E-state index contributed by atoms with van der Waals surface area (Å²) in [7, 11) is 0. The van der Waals surface area contributed by atoms with Gasteiger partial charge in [-0.25, -0.2) is 4.79 Å². The molecule has 0 atom stereocenters. The zero-order valence-electron chi connectivity index (χ0n) is 6.70. The van der Waals surface area contributed by atoms with Gasteiger partial charge < -0.3 is 0 Å². The Balaban J connectivity index is 2.97. The maximum Gasteiger partial charge on any atom is 0.196 e. The third kappa shape index (κ3) is 1.91. The average Bonchev–Trinajstić information content (AvgIpc) is 2.06. The van der Waals surface area contributed by atoms with E-state index in [0.29, 0.717) is 5.56 Å². The number of ketones is 1. The Bertz CT molecular complexity index is 329. The summed E-state index contributed by atoms with van der Waals surface area (Å²) in [5.41, 5.74) is 1.60. The summed E-state index contributed by atoms with van der Waals surface area (Å²) in [5, 5.41) is 0. The van der Waals surface area contributed by atoms with Crippen molar-refractivity contribution in [3.8, 4) is 0 Å². The second-order valence-corrected chi connectivity index (χ2v) is 2.49. The fourth-order valence-electron chi connectivity index (χ4n) is 0.855. The van der Waals surface area contributed by atoms with E-state index < -0.39 is 0 Å². The molecule has 1 aromatic rings. The van der Waals surface area contributed by atoms with Crippen LogP contribution in [0, 0.1) is 6.92 Å². The van der Waals surface area contributed by atoms with E-state index in [2.05, 4.69) is 0 Å². The molecular formula is C10H8O2. The van der Waals surface area contributed by atoms with Gasteiger partial charge in [0.25, 0.3) is 0 Å². The van der Waals surface area contributed by atoms with Crippen molar-refractivity contribution in [2.24, 2.45) is 0 Å². The molecule has 0 saturated carbocycles. The summed E-state index contributed by atoms with van der Waals surface area (Å²) in [6.07, 6.45) is 0.894. The summed E-state index contributed by atoms with van der Waals surface area (Å²) in [6.45, 7) is 1.93. The van der Waals surface area contributed by atoms with Gasteiger partial charge in [0.1, 0.15) is 5.94 Å².